The number of nitrogens with one attached hydrogen (secondary N) is 1. The summed E-state index contributed by atoms with van der Waals surface area (Å²) >= 11 is 8.33. The summed E-state index contributed by atoms with van der Waals surface area (Å²) in [4.78, 5) is 0.370. The third-order valence-electron chi connectivity index (χ3n) is 3.40. The van der Waals surface area contributed by atoms with Crippen LogP contribution >= 0.6 is 28.1 Å². The lowest BCUT2D eigenvalue weighted by Gasteiger charge is -2.10. The number of hydrogen-bond acceptors (Lipinski definition) is 6. The number of aliphatic hydroxyl groups excluding tert-OH is 3. The number of phenolic OH excluding ortho intramolecular Hbond substituents is 2. The molecule has 140 valence electrons. The molecule has 0 amide bonds. The second kappa shape index (κ2) is 9.88. The molecule has 6 nitrogen and oxygen atoms in total. The molecule has 0 aliphatic heterocycles. The Morgan fingerprint density at radius 1 is 1.19 bits per heavy atom. The van der Waals surface area contributed by atoms with E-state index >= 15 is 0 Å². The maximum atomic E-state index is 9.82. The van der Waals surface area contributed by atoms with Gasteiger partial charge in [-0.25, -0.2) is 0 Å². The van der Waals surface area contributed by atoms with Crippen LogP contribution in [0.5, 0.6) is 11.5 Å². The summed E-state index contributed by atoms with van der Waals surface area (Å²) in [6, 6.07) is 3.00. The molecule has 1 rings (SSSR count). The zero-order chi connectivity index (χ0) is 19.9. The molecule has 0 spiro atoms. The molecule has 0 radical (unpaired) electrons. The van der Waals surface area contributed by atoms with E-state index in [9.17, 15) is 20.4 Å². The van der Waals surface area contributed by atoms with Crippen LogP contribution in [0, 0.1) is 0 Å². The summed E-state index contributed by atoms with van der Waals surface area (Å²) in [7, 11) is 0. The van der Waals surface area contributed by atoms with Crippen LogP contribution in [0.25, 0.3) is 6.08 Å². The maximum Gasteiger partial charge on any atom is 0.171 e. The lowest BCUT2D eigenvalue weighted by Crippen LogP contribution is -2.22. The van der Waals surface area contributed by atoms with Crippen molar-refractivity contribution in [2.45, 2.75) is 13.8 Å². The first-order valence-corrected chi connectivity index (χ1v) is 8.64. The van der Waals surface area contributed by atoms with E-state index in [0.717, 1.165) is 6.26 Å². The topological polar surface area (TPSA) is 113 Å². The molecule has 0 aromatic heterocycles. The Balaban J connectivity index is 2.87. The van der Waals surface area contributed by atoms with Crippen LogP contribution in [-0.4, -0.2) is 37.1 Å². The van der Waals surface area contributed by atoms with Gasteiger partial charge in [-0.2, -0.15) is 0 Å². The summed E-state index contributed by atoms with van der Waals surface area (Å²) in [6.07, 6.45) is 5.45. The van der Waals surface area contributed by atoms with Crippen molar-refractivity contribution in [3.05, 3.63) is 63.2 Å². The van der Waals surface area contributed by atoms with Gasteiger partial charge in [0.25, 0.3) is 0 Å². The van der Waals surface area contributed by atoms with Crippen LogP contribution in [0.1, 0.15) is 19.4 Å². The Morgan fingerprint density at radius 2 is 1.85 bits per heavy atom. The van der Waals surface area contributed by atoms with Crippen molar-refractivity contribution in [1.29, 1.82) is 0 Å². The molecule has 0 fully saturated rings. The van der Waals surface area contributed by atoms with Gasteiger partial charge in [-0.05, 0) is 70.8 Å². The van der Waals surface area contributed by atoms with Gasteiger partial charge in [-0.3, -0.25) is 0 Å². The molecule has 0 aliphatic rings. The molecule has 0 heterocycles. The number of phenols is 2. The molecule has 6 N–H and O–H groups in total. The molecule has 0 atom stereocenters. The predicted octanol–water partition coefficient (Wildman–Crippen LogP) is 4.53. The number of hydrogen-bond donors (Lipinski definition) is 6. The Labute approximate surface area is 165 Å². The average Bonchev–Trinajstić information content (AvgIpc) is 2.59. The summed E-state index contributed by atoms with van der Waals surface area (Å²) in [5.41, 5.74) is 1.54. The van der Waals surface area contributed by atoms with Crippen molar-refractivity contribution in [2.24, 2.45) is 0 Å². The van der Waals surface area contributed by atoms with E-state index in [1.165, 1.54) is 19.1 Å². The molecule has 8 heteroatoms. The molecule has 0 saturated heterocycles. The number of thiocarbonyl (C=S) groups is 1. The minimum absolute atomic E-state index is 0.202. The predicted molar refractivity (Wildman–Crippen MR) is 110 cm³/mol. The van der Waals surface area contributed by atoms with Gasteiger partial charge in [0.15, 0.2) is 17.3 Å². The van der Waals surface area contributed by atoms with E-state index in [2.05, 4.69) is 21.2 Å². The number of rotatable bonds is 6. The van der Waals surface area contributed by atoms with Crippen molar-refractivity contribution in [3.63, 3.8) is 0 Å². The van der Waals surface area contributed by atoms with E-state index in [1.54, 1.807) is 25.1 Å². The normalized spacial score (nSPS) is 13.7. The van der Waals surface area contributed by atoms with Crippen LogP contribution in [-0.2, 0) is 0 Å². The van der Waals surface area contributed by atoms with E-state index < -0.39 is 0 Å². The fourth-order valence-corrected chi connectivity index (χ4v) is 2.55. The van der Waals surface area contributed by atoms with Gasteiger partial charge in [-0.15, -0.1) is 0 Å². The van der Waals surface area contributed by atoms with Crippen molar-refractivity contribution >= 4 is 39.2 Å². The average molecular weight is 442 g/mol. The minimum Gasteiger partial charge on any atom is -0.516 e. The number of aliphatic hydroxyl groups is 3. The fraction of sp³-hybridized carbons (Fsp3) is 0.167. The number of allylic oxidation sites excluding steroid dienone is 2. The molecular weight excluding hydrogens is 422 g/mol. The SMILES string of the molecule is C\C(O)=C(O)/C(C)=C(\C=C\O)CNC(=S)/C=C/c1cc(O)c(O)c(Br)c1. The van der Waals surface area contributed by atoms with Gasteiger partial charge in [-0.1, -0.05) is 18.3 Å². The van der Waals surface area contributed by atoms with Crippen molar-refractivity contribution < 1.29 is 25.5 Å². The molecule has 0 saturated carbocycles. The lowest BCUT2D eigenvalue weighted by atomic mass is 10.1. The second-order valence-electron chi connectivity index (χ2n) is 5.32. The highest BCUT2D eigenvalue weighted by Crippen LogP contribution is 2.34. The largest absolute Gasteiger partial charge is 0.516 e. The number of halogens is 1. The first kappa shape index (κ1) is 21.6. The molecule has 1 aromatic rings. The molecule has 1 aromatic carbocycles. The van der Waals surface area contributed by atoms with Crippen LogP contribution in [0.4, 0.5) is 0 Å². The Hall–Kier alpha value is -2.45. The van der Waals surface area contributed by atoms with Crippen LogP contribution < -0.4 is 5.32 Å². The summed E-state index contributed by atoms with van der Waals surface area (Å²) in [6.45, 7) is 3.15. The first-order valence-electron chi connectivity index (χ1n) is 7.44. The van der Waals surface area contributed by atoms with E-state index in [0.29, 0.717) is 26.2 Å². The van der Waals surface area contributed by atoms with Gasteiger partial charge in [0, 0.05) is 6.54 Å². The third kappa shape index (κ3) is 6.12. The van der Waals surface area contributed by atoms with Crippen LogP contribution in [0.3, 0.4) is 0 Å². The molecule has 0 aliphatic carbocycles. The highest BCUT2D eigenvalue weighted by atomic mass is 79.9. The van der Waals surface area contributed by atoms with Gasteiger partial charge in [0.1, 0.15) is 5.76 Å². The van der Waals surface area contributed by atoms with Gasteiger partial charge < -0.3 is 30.8 Å². The number of aromatic hydroxyl groups is 2. The molecular formula is C18H20BrNO5S. The number of benzene rings is 1. The van der Waals surface area contributed by atoms with E-state index in [-0.39, 0.29) is 29.6 Å². The lowest BCUT2D eigenvalue weighted by molar-refractivity contribution is 0.334. The Morgan fingerprint density at radius 3 is 2.38 bits per heavy atom. The quantitative estimate of drug-likeness (QED) is 0.126. The highest BCUT2D eigenvalue weighted by Gasteiger charge is 2.08. The van der Waals surface area contributed by atoms with Crippen molar-refractivity contribution in [1.82, 2.24) is 5.32 Å². The molecule has 0 bridgehead atoms. The third-order valence-corrected chi connectivity index (χ3v) is 4.29. The van der Waals surface area contributed by atoms with Crippen LogP contribution in [0.15, 0.2) is 57.7 Å². The van der Waals surface area contributed by atoms with Crippen molar-refractivity contribution in [3.8, 4) is 11.5 Å². The Bertz CT molecular complexity index is 785. The molecule has 26 heavy (non-hydrogen) atoms. The van der Waals surface area contributed by atoms with Gasteiger partial charge in [0.2, 0.25) is 0 Å². The zero-order valence-corrected chi connectivity index (χ0v) is 16.6. The van der Waals surface area contributed by atoms with Crippen LogP contribution in [0.2, 0.25) is 0 Å². The molecule has 0 unspecified atom stereocenters. The monoisotopic (exact) mass is 441 g/mol. The van der Waals surface area contributed by atoms with Gasteiger partial charge in [0.05, 0.1) is 15.7 Å². The summed E-state index contributed by atoms with van der Waals surface area (Å²) < 4.78 is 0.353. The maximum absolute atomic E-state index is 9.82. The smallest absolute Gasteiger partial charge is 0.171 e. The van der Waals surface area contributed by atoms with Gasteiger partial charge >= 0.3 is 0 Å². The minimum atomic E-state index is -0.272. The highest BCUT2D eigenvalue weighted by molar-refractivity contribution is 9.10. The summed E-state index contributed by atoms with van der Waals surface area (Å²) in [5, 5.41) is 50.2. The first-order chi connectivity index (χ1) is 12.2. The van der Waals surface area contributed by atoms with E-state index in [1.807, 2.05) is 0 Å². The summed E-state index contributed by atoms with van der Waals surface area (Å²) in [5.74, 6) is -0.998. The van der Waals surface area contributed by atoms with E-state index in [4.69, 9.17) is 17.3 Å². The zero-order valence-electron chi connectivity index (χ0n) is 14.2. The Kier molecular flexibility index (Phi) is 8.21. The second-order valence-corrected chi connectivity index (χ2v) is 6.62. The van der Waals surface area contributed by atoms with Crippen molar-refractivity contribution in [2.75, 3.05) is 6.54 Å². The fourth-order valence-electron chi connectivity index (χ4n) is 1.94. The standard InChI is InChI=1S/C18H20BrNO5S/c1-10(17(24)11(2)22)13(5-6-21)9-20-16(26)4-3-12-7-14(19)18(25)15(23)8-12/h3-8,21-25H,9H2,1-2H3,(H,20,26)/b4-3+,6-5+,13-10+,17-11-.